The smallest absolute Gasteiger partial charge is 0.411 e. The van der Waals surface area contributed by atoms with Gasteiger partial charge in [-0.3, -0.25) is 0 Å². The summed E-state index contributed by atoms with van der Waals surface area (Å²) >= 11 is 0. The minimum Gasteiger partial charge on any atom is -0.465 e. The number of rotatable bonds is 4. The molecule has 2 aromatic carbocycles. The van der Waals surface area contributed by atoms with E-state index in [2.05, 4.69) is 9.47 Å². The molecule has 0 aliphatic heterocycles. The van der Waals surface area contributed by atoms with Crippen LogP contribution in [0.4, 0.5) is 26.3 Å². The zero-order valence-corrected chi connectivity index (χ0v) is 15.0. The Morgan fingerprint density at radius 2 is 1.21 bits per heavy atom. The molecular formula is C19H14F6O4. The van der Waals surface area contributed by atoms with Crippen molar-refractivity contribution >= 4 is 11.9 Å². The average Bonchev–Trinajstić information content (AvgIpc) is 2.66. The van der Waals surface area contributed by atoms with Crippen molar-refractivity contribution in [3.8, 4) is 0 Å². The molecular weight excluding hydrogens is 406 g/mol. The summed E-state index contributed by atoms with van der Waals surface area (Å²) in [5, 5.41) is 0. The zero-order valence-electron chi connectivity index (χ0n) is 15.0. The van der Waals surface area contributed by atoms with Crippen LogP contribution in [0.1, 0.15) is 31.8 Å². The van der Waals surface area contributed by atoms with Gasteiger partial charge in [0, 0.05) is 0 Å². The van der Waals surface area contributed by atoms with Gasteiger partial charge in [-0.15, -0.1) is 0 Å². The fourth-order valence-electron chi connectivity index (χ4n) is 3.02. The van der Waals surface area contributed by atoms with Crippen LogP contribution in [0, 0.1) is 0 Å². The number of methoxy groups -OCH3 is 2. The van der Waals surface area contributed by atoms with Gasteiger partial charge in [0.1, 0.15) is 0 Å². The van der Waals surface area contributed by atoms with Gasteiger partial charge in [-0.2, -0.15) is 26.3 Å². The van der Waals surface area contributed by atoms with Gasteiger partial charge in [0.05, 0.1) is 25.3 Å². The van der Waals surface area contributed by atoms with Crippen LogP contribution in [0.25, 0.3) is 0 Å². The third-order valence-electron chi connectivity index (χ3n) is 4.33. The lowest BCUT2D eigenvalue weighted by Crippen LogP contribution is -2.55. The maximum absolute atomic E-state index is 14.2. The van der Waals surface area contributed by atoms with E-state index < -0.39 is 46.4 Å². The number of ether oxygens (including phenoxy) is 2. The number of carbonyl (C=O) groups excluding carboxylic acids is 2. The highest BCUT2D eigenvalue weighted by Gasteiger charge is 2.73. The first-order chi connectivity index (χ1) is 13.4. The van der Waals surface area contributed by atoms with Crippen LogP contribution in [0.15, 0.2) is 48.5 Å². The van der Waals surface area contributed by atoms with E-state index >= 15 is 0 Å². The standard InChI is InChI=1S/C19H14F6O4/c1-28-15(26)11-7-9-12(10-8-11)17(18(20,21)22,19(23,24)25)14-6-4-3-5-13(14)16(27)29-2/h3-10H,1-2H3. The maximum atomic E-state index is 14.2. The topological polar surface area (TPSA) is 52.6 Å². The number of esters is 2. The molecule has 0 radical (unpaired) electrons. The highest BCUT2D eigenvalue weighted by Crippen LogP contribution is 2.56. The first-order valence-electron chi connectivity index (χ1n) is 7.92. The fraction of sp³-hybridized carbons (Fsp3) is 0.263. The number of benzene rings is 2. The predicted octanol–water partition coefficient (Wildman–Crippen LogP) is 4.67. The number of alkyl halides is 6. The van der Waals surface area contributed by atoms with Gasteiger partial charge in [0.2, 0.25) is 5.41 Å². The molecule has 156 valence electrons. The second-order valence-electron chi connectivity index (χ2n) is 5.85. The molecule has 0 bridgehead atoms. The van der Waals surface area contributed by atoms with E-state index in [9.17, 15) is 35.9 Å². The van der Waals surface area contributed by atoms with Crippen LogP contribution in [0.2, 0.25) is 0 Å². The van der Waals surface area contributed by atoms with Crippen molar-refractivity contribution in [1.82, 2.24) is 0 Å². The number of carbonyl (C=O) groups is 2. The number of hydrogen-bond donors (Lipinski definition) is 0. The van der Waals surface area contributed by atoms with Crippen molar-refractivity contribution < 1.29 is 45.4 Å². The Morgan fingerprint density at radius 3 is 1.66 bits per heavy atom. The molecule has 0 aliphatic carbocycles. The van der Waals surface area contributed by atoms with Crippen LogP contribution in [0.3, 0.4) is 0 Å². The maximum Gasteiger partial charge on any atom is 0.411 e. The normalized spacial score (nSPS) is 12.4. The van der Waals surface area contributed by atoms with E-state index in [1.54, 1.807) is 0 Å². The molecule has 2 aromatic rings. The van der Waals surface area contributed by atoms with E-state index in [0.717, 1.165) is 44.6 Å². The van der Waals surface area contributed by atoms with Crippen LogP contribution >= 0.6 is 0 Å². The Labute approximate surface area is 161 Å². The lowest BCUT2D eigenvalue weighted by molar-refractivity contribution is -0.288. The lowest BCUT2D eigenvalue weighted by atomic mass is 9.71. The highest BCUT2D eigenvalue weighted by molar-refractivity contribution is 5.92. The fourth-order valence-corrected chi connectivity index (χ4v) is 3.02. The minimum absolute atomic E-state index is 0.240. The summed E-state index contributed by atoms with van der Waals surface area (Å²) in [4.78, 5) is 23.4. The van der Waals surface area contributed by atoms with Crippen LogP contribution in [0.5, 0.6) is 0 Å². The summed E-state index contributed by atoms with van der Waals surface area (Å²) in [6.45, 7) is 0. The molecule has 0 amide bonds. The molecule has 2 rings (SSSR count). The molecule has 0 spiro atoms. The Kier molecular flexibility index (Phi) is 5.96. The van der Waals surface area contributed by atoms with Crippen LogP contribution in [-0.4, -0.2) is 38.5 Å². The molecule has 0 saturated heterocycles. The van der Waals surface area contributed by atoms with Crippen LogP contribution < -0.4 is 0 Å². The van der Waals surface area contributed by atoms with E-state index in [0.29, 0.717) is 18.2 Å². The summed E-state index contributed by atoms with van der Waals surface area (Å²) in [5.41, 5.74) is -8.23. The van der Waals surface area contributed by atoms with Crippen molar-refractivity contribution in [2.24, 2.45) is 0 Å². The van der Waals surface area contributed by atoms with E-state index in [-0.39, 0.29) is 5.56 Å². The molecule has 4 nitrogen and oxygen atoms in total. The summed E-state index contributed by atoms with van der Waals surface area (Å²) in [7, 11) is 1.85. The molecule has 0 atom stereocenters. The van der Waals surface area contributed by atoms with Crippen molar-refractivity contribution in [1.29, 1.82) is 0 Å². The molecule has 29 heavy (non-hydrogen) atoms. The quantitative estimate of drug-likeness (QED) is 0.533. The van der Waals surface area contributed by atoms with Gasteiger partial charge in [-0.1, -0.05) is 30.3 Å². The largest absolute Gasteiger partial charge is 0.465 e. The second-order valence-corrected chi connectivity index (χ2v) is 5.85. The van der Waals surface area contributed by atoms with Crippen molar-refractivity contribution in [3.63, 3.8) is 0 Å². The van der Waals surface area contributed by atoms with Crippen molar-refractivity contribution in [2.75, 3.05) is 14.2 Å². The van der Waals surface area contributed by atoms with E-state index in [4.69, 9.17) is 0 Å². The van der Waals surface area contributed by atoms with Gasteiger partial charge in [0.25, 0.3) is 0 Å². The monoisotopic (exact) mass is 420 g/mol. The summed E-state index contributed by atoms with van der Waals surface area (Å²) < 4.78 is 93.7. The molecule has 0 heterocycles. The molecule has 0 unspecified atom stereocenters. The van der Waals surface area contributed by atoms with Gasteiger partial charge in [0.15, 0.2) is 0 Å². The predicted molar refractivity (Wildman–Crippen MR) is 88.5 cm³/mol. The number of halogens is 6. The molecule has 0 saturated carbocycles. The first-order valence-corrected chi connectivity index (χ1v) is 7.92. The average molecular weight is 420 g/mol. The summed E-state index contributed by atoms with van der Waals surface area (Å²) in [6.07, 6.45) is -11.8. The molecule has 0 aliphatic rings. The molecule has 10 heteroatoms. The van der Waals surface area contributed by atoms with Gasteiger partial charge < -0.3 is 9.47 Å². The van der Waals surface area contributed by atoms with E-state index in [1.165, 1.54) is 0 Å². The Morgan fingerprint density at radius 1 is 0.724 bits per heavy atom. The molecule has 0 N–H and O–H groups in total. The van der Waals surface area contributed by atoms with Gasteiger partial charge >= 0.3 is 24.3 Å². The zero-order chi connectivity index (χ0) is 22.0. The summed E-state index contributed by atoms with van der Waals surface area (Å²) in [6, 6.07) is 6.09. The molecule has 0 fully saturated rings. The third-order valence-corrected chi connectivity index (χ3v) is 4.33. The van der Waals surface area contributed by atoms with Gasteiger partial charge in [-0.25, -0.2) is 9.59 Å². The first kappa shape index (κ1) is 22.3. The minimum atomic E-state index is -5.89. The lowest BCUT2D eigenvalue weighted by Gasteiger charge is -2.39. The van der Waals surface area contributed by atoms with Crippen LogP contribution in [-0.2, 0) is 14.9 Å². The Bertz CT molecular complexity index is 886. The van der Waals surface area contributed by atoms with Crippen molar-refractivity contribution in [3.05, 3.63) is 70.8 Å². The number of hydrogen-bond acceptors (Lipinski definition) is 4. The van der Waals surface area contributed by atoms with Gasteiger partial charge in [-0.05, 0) is 29.3 Å². The second kappa shape index (κ2) is 7.76. The molecule has 0 aromatic heterocycles. The Balaban J connectivity index is 2.93. The van der Waals surface area contributed by atoms with Crippen molar-refractivity contribution in [2.45, 2.75) is 17.8 Å². The Hall–Kier alpha value is -3.04. The SMILES string of the molecule is COC(=O)c1ccc(C(c2ccccc2C(=O)OC)(C(F)(F)F)C(F)(F)F)cc1. The third kappa shape index (κ3) is 3.66. The van der Waals surface area contributed by atoms with E-state index in [1.807, 2.05) is 0 Å². The summed E-state index contributed by atoms with van der Waals surface area (Å²) in [5.74, 6) is -2.29. The highest BCUT2D eigenvalue weighted by atomic mass is 19.4.